The van der Waals surface area contributed by atoms with Gasteiger partial charge in [-0.1, -0.05) is 0 Å². The zero-order valence-corrected chi connectivity index (χ0v) is 9.28. The fourth-order valence-corrected chi connectivity index (χ4v) is 1.21. The van der Waals surface area contributed by atoms with Gasteiger partial charge in [0, 0.05) is 5.56 Å². The monoisotopic (exact) mass is 232 g/mol. The largest absolute Gasteiger partial charge is 0.494 e. The Bertz CT molecular complexity index is 524. The molecule has 0 amide bonds. The van der Waals surface area contributed by atoms with Gasteiger partial charge in [0.05, 0.1) is 12.8 Å². The summed E-state index contributed by atoms with van der Waals surface area (Å²) >= 11 is 0. The van der Waals surface area contributed by atoms with E-state index < -0.39 is 5.82 Å². The maximum absolute atomic E-state index is 13.2. The predicted octanol–water partition coefficient (Wildman–Crippen LogP) is 1.96. The molecular weight excluding hydrogens is 223 g/mol. The molecule has 0 aromatic heterocycles. The van der Waals surface area contributed by atoms with E-state index >= 15 is 0 Å². The lowest BCUT2D eigenvalue weighted by Crippen LogP contribution is -2.00. The first-order valence-electron chi connectivity index (χ1n) is 4.61. The number of nitriles is 2. The van der Waals surface area contributed by atoms with Crippen LogP contribution in [-0.2, 0) is 0 Å². The molecule has 1 rings (SSSR count). The first-order chi connectivity index (χ1) is 8.13. The smallest absolute Gasteiger partial charge is 0.237 e. The molecule has 0 spiro atoms. The van der Waals surface area contributed by atoms with Gasteiger partial charge in [-0.25, -0.2) is 4.39 Å². The van der Waals surface area contributed by atoms with Crippen LogP contribution in [0.3, 0.4) is 0 Å². The van der Waals surface area contributed by atoms with E-state index in [1.165, 1.54) is 19.2 Å². The summed E-state index contributed by atoms with van der Waals surface area (Å²) in [6.45, 7) is 1.55. The van der Waals surface area contributed by atoms with Crippen LogP contribution in [0.15, 0.2) is 17.2 Å². The normalized spacial score (nSPS) is 8.76. The minimum absolute atomic E-state index is 0.281. The van der Waals surface area contributed by atoms with Gasteiger partial charge in [-0.05, 0) is 19.1 Å². The van der Waals surface area contributed by atoms with E-state index in [9.17, 15) is 4.39 Å². The molecule has 0 aliphatic heterocycles. The van der Waals surface area contributed by atoms with Crippen LogP contribution in [0.4, 0.5) is 10.1 Å². The third-order valence-corrected chi connectivity index (χ3v) is 2.04. The molecule has 0 saturated carbocycles. The van der Waals surface area contributed by atoms with Gasteiger partial charge < -0.3 is 4.74 Å². The number of halogens is 1. The number of methoxy groups -OCH3 is 1. The van der Waals surface area contributed by atoms with Crippen LogP contribution in [0.25, 0.3) is 0 Å². The van der Waals surface area contributed by atoms with Crippen molar-refractivity contribution < 1.29 is 9.13 Å². The Balaban J connectivity index is 3.10. The van der Waals surface area contributed by atoms with Crippen molar-refractivity contribution in [2.75, 3.05) is 12.5 Å². The first kappa shape index (κ1) is 12.5. The van der Waals surface area contributed by atoms with Crippen molar-refractivity contribution in [1.82, 2.24) is 0 Å². The van der Waals surface area contributed by atoms with Crippen molar-refractivity contribution in [3.05, 3.63) is 23.5 Å². The SMILES string of the molecule is COc1c(NN=C(C#N)C#N)ccc(F)c1C. The van der Waals surface area contributed by atoms with Crippen molar-refractivity contribution >= 4 is 11.4 Å². The summed E-state index contributed by atoms with van der Waals surface area (Å²) < 4.78 is 18.2. The summed E-state index contributed by atoms with van der Waals surface area (Å²) in [4.78, 5) is 0. The third kappa shape index (κ3) is 2.70. The number of ether oxygens (including phenoxy) is 1. The lowest BCUT2D eigenvalue weighted by atomic mass is 10.2. The number of benzene rings is 1. The fraction of sp³-hybridized carbons (Fsp3) is 0.182. The van der Waals surface area contributed by atoms with E-state index in [2.05, 4.69) is 10.5 Å². The topological polar surface area (TPSA) is 81.2 Å². The molecule has 1 N–H and O–H groups in total. The number of anilines is 1. The first-order valence-corrected chi connectivity index (χ1v) is 4.61. The van der Waals surface area contributed by atoms with E-state index in [0.29, 0.717) is 11.3 Å². The number of hydrazone groups is 1. The van der Waals surface area contributed by atoms with E-state index in [1.807, 2.05) is 0 Å². The van der Waals surface area contributed by atoms with Crippen LogP contribution in [0.2, 0.25) is 0 Å². The molecule has 0 bridgehead atoms. The molecule has 0 saturated heterocycles. The zero-order valence-electron chi connectivity index (χ0n) is 9.28. The van der Waals surface area contributed by atoms with Crippen LogP contribution >= 0.6 is 0 Å². The van der Waals surface area contributed by atoms with Gasteiger partial charge >= 0.3 is 0 Å². The van der Waals surface area contributed by atoms with Gasteiger partial charge in [0.25, 0.3) is 0 Å². The van der Waals surface area contributed by atoms with Gasteiger partial charge in [0.15, 0.2) is 0 Å². The molecular formula is C11H9FN4O. The molecule has 0 aliphatic rings. The third-order valence-electron chi connectivity index (χ3n) is 2.04. The lowest BCUT2D eigenvalue weighted by molar-refractivity contribution is 0.409. The van der Waals surface area contributed by atoms with Gasteiger partial charge in [0.2, 0.25) is 5.71 Å². The second-order valence-electron chi connectivity index (χ2n) is 3.05. The van der Waals surface area contributed by atoms with Crippen molar-refractivity contribution in [3.8, 4) is 17.9 Å². The summed E-state index contributed by atoms with van der Waals surface area (Å²) in [7, 11) is 1.40. The second kappa shape index (κ2) is 5.47. The Morgan fingerprint density at radius 3 is 2.59 bits per heavy atom. The number of nitrogens with one attached hydrogen (secondary N) is 1. The molecule has 17 heavy (non-hydrogen) atoms. The average molecular weight is 232 g/mol. The molecule has 5 nitrogen and oxygen atoms in total. The Hall–Kier alpha value is -2.60. The molecule has 0 unspecified atom stereocenters. The van der Waals surface area contributed by atoms with E-state index in [0.717, 1.165) is 0 Å². The lowest BCUT2D eigenvalue weighted by Gasteiger charge is -2.10. The Kier molecular flexibility index (Phi) is 4.02. The number of hydrogen-bond acceptors (Lipinski definition) is 5. The highest BCUT2D eigenvalue weighted by atomic mass is 19.1. The standard InChI is InChI=1S/C11H9FN4O/c1-7-9(12)3-4-10(11(7)17-2)16-15-8(5-13)6-14/h3-4,16H,1-2H3. The summed E-state index contributed by atoms with van der Waals surface area (Å²) in [5, 5.41) is 20.5. The summed E-state index contributed by atoms with van der Waals surface area (Å²) in [6.07, 6.45) is 0. The molecule has 0 aliphatic carbocycles. The van der Waals surface area contributed by atoms with Crippen molar-refractivity contribution in [1.29, 1.82) is 10.5 Å². The highest BCUT2D eigenvalue weighted by Gasteiger charge is 2.10. The van der Waals surface area contributed by atoms with Crippen LogP contribution < -0.4 is 10.2 Å². The van der Waals surface area contributed by atoms with Crippen LogP contribution in [0.5, 0.6) is 5.75 Å². The van der Waals surface area contributed by atoms with E-state index in [4.69, 9.17) is 15.3 Å². The van der Waals surface area contributed by atoms with E-state index in [-0.39, 0.29) is 11.5 Å². The summed E-state index contributed by atoms with van der Waals surface area (Å²) in [5.41, 5.74) is 2.87. The van der Waals surface area contributed by atoms with Gasteiger partial charge in [0.1, 0.15) is 23.7 Å². The average Bonchev–Trinajstić information content (AvgIpc) is 2.35. The summed E-state index contributed by atoms with van der Waals surface area (Å²) in [5.74, 6) is -0.124. The molecule has 0 fully saturated rings. The van der Waals surface area contributed by atoms with Gasteiger partial charge in [-0.3, -0.25) is 5.43 Å². The number of hydrogen-bond donors (Lipinski definition) is 1. The molecule has 86 valence electrons. The minimum atomic E-state index is -0.405. The fourth-order valence-electron chi connectivity index (χ4n) is 1.21. The second-order valence-corrected chi connectivity index (χ2v) is 3.05. The van der Waals surface area contributed by atoms with Crippen LogP contribution in [-0.4, -0.2) is 12.8 Å². The van der Waals surface area contributed by atoms with Gasteiger partial charge in [-0.15, -0.1) is 0 Å². The van der Waals surface area contributed by atoms with E-state index in [1.54, 1.807) is 19.1 Å². The maximum atomic E-state index is 13.2. The van der Waals surface area contributed by atoms with Crippen molar-refractivity contribution in [3.63, 3.8) is 0 Å². The van der Waals surface area contributed by atoms with Crippen molar-refractivity contribution in [2.45, 2.75) is 6.92 Å². The molecule has 0 atom stereocenters. The molecule has 1 aromatic rings. The Morgan fingerprint density at radius 2 is 2.06 bits per heavy atom. The Labute approximate surface area is 97.7 Å². The number of rotatable bonds is 3. The Morgan fingerprint density at radius 1 is 1.41 bits per heavy atom. The number of nitrogens with zero attached hydrogens (tertiary/aromatic N) is 3. The molecule has 0 heterocycles. The predicted molar refractivity (Wildman–Crippen MR) is 60.0 cm³/mol. The zero-order chi connectivity index (χ0) is 12.8. The summed E-state index contributed by atoms with van der Waals surface area (Å²) in [6, 6.07) is 5.85. The molecule has 0 radical (unpaired) electrons. The van der Waals surface area contributed by atoms with Crippen molar-refractivity contribution in [2.24, 2.45) is 5.10 Å². The maximum Gasteiger partial charge on any atom is 0.237 e. The molecule has 1 aromatic carbocycles. The van der Waals surface area contributed by atoms with Crippen LogP contribution in [0.1, 0.15) is 5.56 Å². The van der Waals surface area contributed by atoms with Crippen LogP contribution in [0, 0.1) is 35.4 Å². The van der Waals surface area contributed by atoms with Gasteiger partial charge in [-0.2, -0.15) is 15.6 Å². The molecule has 6 heteroatoms. The highest BCUT2D eigenvalue weighted by Crippen LogP contribution is 2.30. The minimum Gasteiger partial charge on any atom is -0.494 e. The highest BCUT2D eigenvalue weighted by molar-refractivity contribution is 6.10. The quantitative estimate of drug-likeness (QED) is 0.638.